The minimum absolute atomic E-state index is 0.954. The summed E-state index contributed by atoms with van der Waals surface area (Å²) in [6.07, 6.45) is 4.12. The molecule has 10 aromatic rings. The Hall–Kier alpha value is -7.03. The first-order chi connectivity index (χ1) is 26.3. The van der Waals surface area contributed by atoms with Crippen molar-refractivity contribution in [2.45, 2.75) is 0 Å². The molecule has 0 saturated carbocycles. The summed E-state index contributed by atoms with van der Waals surface area (Å²) in [5.41, 5.74) is 18.2. The number of benzene rings is 8. The number of rotatable bonds is 5. The molecule has 0 amide bonds. The molecule has 53 heavy (non-hydrogen) atoms. The molecule has 0 saturated heterocycles. The first-order valence-electron chi connectivity index (χ1n) is 18.2. The molecule has 0 radical (unpaired) electrons. The molecule has 2 nitrogen and oxygen atoms in total. The zero-order valence-electron chi connectivity index (χ0n) is 28.9. The van der Waals surface area contributed by atoms with Gasteiger partial charge in [-0.2, -0.15) is 0 Å². The van der Waals surface area contributed by atoms with E-state index in [-0.39, 0.29) is 0 Å². The number of pyridine rings is 1. The van der Waals surface area contributed by atoms with Crippen molar-refractivity contribution in [2.24, 2.45) is 0 Å². The second-order valence-electron chi connectivity index (χ2n) is 13.9. The average molecular weight is 673 g/mol. The van der Waals surface area contributed by atoms with Crippen LogP contribution in [-0.4, -0.2) is 9.38 Å². The highest BCUT2D eigenvalue weighted by Crippen LogP contribution is 2.58. The molecule has 11 rings (SSSR count). The van der Waals surface area contributed by atoms with Gasteiger partial charge in [0.15, 0.2) is 0 Å². The van der Waals surface area contributed by atoms with Crippen LogP contribution in [0.15, 0.2) is 194 Å². The first kappa shape index (κ1) is 29.7. The van der Waals surface area contributed by atoms with Crippen molar-refractivity contribution in [3.63, 3.8) is 0 Å². The molecule has 246 valence electrons. The first-order valence-corrected chi connectivity index (χ1v) is 18.2. The Morgan fingerprint density at radius 3 is 1.45 bits per heavy atom. The van der Waals surface area contributed by atoms with Crippen LogP contribution in [0.5, 0.6) is 0 Å². The highest BCUT2D eigenvalue weighted by Gasteiger charge is 2.31. The third-order valence-electron chi connectivity index (χ3n) is 11.0. The zero-order chi connectivity index (χ0) is 34.9. The summed E-state index contributed by atoms with van der Waals surface area (Å²) in [6, 6.07) is 66.3. The number of aromatic nitrogens is 2. The molecule has 2 heterocycles. The van der Waals surface area contributed by atoms with E-state index < -0.39 is 0 Å². The summed E-state index contributed by atoms with van der Waals surface area (Å²) < 4.78 is 2.06. The van der Waals surface area contributed by atoms with Gasteiger partial charge in [0.25, 0.3) is 0 Å². The molecule has 0 spiro atoms. The summed E-state index contributed by atoms with van der Waals surface area (Å²) >= 11 is 0. The van der Waals surface area contributed by atoms with E-state index in [0.717, 1.165) is 16.9 Å². The van der Waals surface area contributed by atoms with Crippen molar-refractivity contribution in [3.8, 4) is 78.0 Å². The Kier molecular flexibility index (Phi) is 6.59. The van der Waals surface area contributed by atoms with Crippen molar-refractivity contribution in [1.29, 1.82) is 0 Å². The predicted molar refractivity (Wildman–Crippen MR) is 222 cm³/mol. The molecule has 2 heteroatoms. The van der Waals surface area contributed by atoms with Crippen LogP contribution in [0.4, 0.5) is 0 Å². The zero-order valence-corrected chi connectivity index (χ0v) is 28.9. The summed E-state index contributed by atoms with van der Waals surface area (Å²) in [7, 11) is 0. The van der Waals surface area contributed by atoms with E-state index in [1.807, 2.05) is 24.4 Å². The van der Waals surface area contributed by atoms with Gasteiger partial charge in [0, 0.05) is 18.0 Å². The third kappa shape index (κ3) is 4.63. The predicted octanol–water partition coefficient (Wildman–Crippen LogP) is 13.6. The van der Waals surface area contributed by atoms with Gasteiger partial charge in [-0.1, -0.05) is 170 Å². The van der Waals surface area contributed by atoms with E-state index in [9.17, 15) is 0 Å². The fourth-order valence-electron chi connectivity index (χ4n) is 8.61. The monoisotopic (exact) mass is 672 g/mol. The number of hydrogen-bond acceptors (Lipinski definition) is 1. The molecular weight excluding hydrogens is 641 g/mol. The minimum Gasteiger partial charge on any atom is -0.306 e. The lowest BCUT2D eigenvalue weighted by molar-refractivity contribution is 1.19. The van der Waals surface area contributed by atoms with Crippen LogP contribution in [0.2, 0.25) is 0 Å². The fraction of sp³-hybridized carbons (Fsp3) is 0. The van der Waals surface area contributed by atoms with Gasteiger partial charge in [0.1, 0.15) is 5.65 Å². The maximum atomic E-state index is 4.80. The SMILES string of the molecule is c1ccc(-c2c3c(c(-c4ccccc4)c4ccccc24)-c2ccc(-c4ccc(-c5ccc(-c6cn7ccccc7n6)cc5)cc4)c4cccc-3c24)cc1. The van der Waals surface area contributed by atoms with Crippen LogP contribution >= 0.6 is 0 Å². The standard InChI is InChI=1S/C51H32N2/c1-3-12-37(13-4-1)47-41-16-7-8-17-42(41)48(38-14-5-2-6-15-38)51-44-30-29-39(40-18-11-19-43(49(40)44)50(47)51)35-25-21-33(22-26-35)34-23-27-36(28-24-34)45-32-53-31-10-9-20-46(53)52-45/h1-32H. The maximum Gasteiger partial charge on any atom is 0.137 e. The molecule has 0 atom stereocenters. The summed E-state index contributed by atoms with van der Waals surface area (Å²) in [5, 5.41) is 5.17. The largest absolute Gasteiger partial charge is 0.306 e. The van der Waals surface area contributed by atoms with E-state index in [4.69, 9.17) is 4.98 Å². The lowest BCUT2D eigenvalue weighted by Crippen LogP contribution is -1.93. The summed E-state index contributed by atoms with van der Waals surface area (Å²) in [6.45, 7) is 0. The molecule has 1 aliphatic carbocycles. The molecule has 8 aromatic carbocycles. The lowest BCUT2D eigenvalue weighted by Gasteiger charge is -2.20. The second kappa shape index (κ2) is 11.8. The quantitative estimate of drug-likeness (QED) is 0.178. The normalized spacial score (nSPS) is 11.8. The van der Waals surface area contributed by atoms with Gasteiger partial charge in [0.2, 0.25) is 0 Å². The second-order valence-corrected chi connectivity index (χ2v) is 13.9. The Balaban J connectivity index is 1.05. The summed E-state index contributed by atoms with van der Waals surface area (Å²) in [5.74, 6) is 0. The Labute approximate surface area is 307 Å². The van der Waals surface area contributed by atoms with E-state index in [2.05, 4.69) is 174 Å². The molecule has 0 N–H and O–H groups in total. The van der Waals surface area contributed by atoms with E-state index in [1.54, 1.807) is 0 Å². The van der Waals surface area contributed by atoms with Gasteiger partial charge in [-0.25, -0.2) is 4.98 Å². The Bertz CT molecular complexity index is 2880. The Morgan fingerprint density at radius 1 is 0.321 bits per heavy atom. The van der Waals surface area contributed by atoms with Gasteiger partial charge < -0.3 is 4.40 Å². The van der Waals surface area contributed by atoms with E-state index in [1.165, 1.54) is 88.3 Å². The third-order valence-corrected chi connectivity index (χ3v) is 11.0. The number of fused-ring (bicyclic) bond motifs is 5. The van der Waals surface area contributed by atoms with Crippen LogP contribution in [-0.2, 0) is 0 Å². The van der Waals surface area contributed by atoms with Crippen LogP contribution in [0.3, 0.4) is 0 Å². The molecular formula is C51H32N2. The van der Waals surface area contributed by atoms with Crippen LogP contribution in [0.1, 0.15) is 0 Å². The average Bonchev–Trinajstić information content (AvgIpc) is 3.82. The van der Waals surface area contributed by atoms with Crippen molar-refractivity contribution in [3.05, 3.63) is 194 Å². The number of hydrogen-bond donors (Lipinski definition) is 0. The van der Waals surface area contributed by atoms with Crippen molar-refractivity contribution in [2.75, 3.05) is 0 Å². The van der Waals surface area contributed by atoms with Gasteiger partial charge in [-0.15, -0.1) is 0 Å². The van der Waals surface area contributed by atoms with Gasteiger partial charge in [0.05, 0.1) is 5.69 Å². The fourth-order valence-corrected chi connectivity index (χ4v) is 8.61. The van der Waals surface area contributed by atoms with Crippen molar-refractivity contribution in [1.82, 2.24) is 9.38 Å². The highest BCUT2D eigenvalue weighted by atomic mass is 15.0. The van der Waals surface area contributed by atoms with Crippen LogP contribution in [0.25, 0.3) is 105 Å². The number of nitrogens with zero attached hydrogens (tertiary/aromatic N) is 2. The van der Waals surface area contributed by atoms with Crippen LogP contribution < -0.4 is 0 Å². The van der Waals surface area contributed by atoms with E-state index >= 15 is 0 Å². The number of imidazole rings is 1. The summed E-state index contributed by atoms with van der Waals surface area (Å²) in [4.78, 5) is 4.80. The molecule has 0 unspecified atom stereocenters. The van der Waals surface area contributed by atoms with Gasteiger partial charge in [-0.05, 0) is 100 Å². The topological polar surface area (TPSA) is 17.3 Å². The van der Waals surface area contributed by atoms with Crippen LogP contribution in [0, 0.1) is 0 Å². The molecule has 0 fully saturated rings. The molecule has 0 bridgehead atoms. The minimum atomic E-state index is 0.954. The Morgan fingerprint density at radius 2 is 0.830 bits per heavy atom. The lowest BCUT2D eigenvalue weighted by atomic mass is 9.82. The van der Waals surface area contributed by atoms with Gasteiger partial charge >= 0.3 is 0 Å². The molecule has 0 aliphatic heterocycles. The molecule has 1 aliphatic rings. The highest BCUT2D eigenvalue weighted by molar-refractivity contribution is 6.28. The van der Waals surface area contributed by atoms with Crippen molar-refractivity contribution < 1.29 is 0 Å². The smallest absolute Gasteiger partial charge is 0.137 e. The van der Waals surface area contributed by atoms with Gasteiger partial charge in [-0.3, -0.25) is 0 Å². The van der Waals surface area contributed by atoms with E-state index in [0.29, 0.717) is 0 Å². The molecule has 2 aromatic heterocycles. The maximum absolute atomic E-state index is 4.80. The van der Waals surface area contributed by atoms with Crippen molar-refractivity contribution >= 4 is 27.2 Å².